The van der Waals surface area contributed by atoms with Crippen molar-refractivity contribution in [3.05, 3.63) is 0 Å². The van der Waals surface area contributed by atoms with Crippen LogP contribution in [0.2, 0.25) is 0 Å². The minimum absolute atomic E-state index is 0.814. The van der Waals surface area contributed by atoms with Gasteiger partial charge in [-0.1, -0.05) is 6.92 Å². The molecule has 0 aromatic rings. The first-order valence-corrected chi connectivity index (χ1v) is 5.89. The molecular weight excluding hydrogens is 160 g/mol. The second-order valence-electron chi connectivity index (χ2n) is 4.45. The fourth-order valence-electron chi connectivity index (χ4n) is 2.91. The van der Waals surface area contributed by atoms with Crippen LogP contribution < -0.4 is 5.32 Å². The predicted molar refractivity (Wildman–Crippen MR) is 55.9 cm³/mol. The van der Waals surface area contributed by atoms with Crippen LogP contribution in [0.25, 0.3) is 0 Å². The summed E-state index contributed by atoms with van der Waals surface area (Å²) in [7, 11) is 0. The monoisotopic (exact) mass is 182 g/mol. The molecule has 2 atom stereocenters. The van der Waals surface area contributed by atoms with E-state index in [0.29, 0.717) is 0 Å². The highest BCUT2D eigenvalue weighted by Crippen LogP contribution is 2.24. The Morgan fingerprint density at radius 2 is 2.23 bits per heavy atom. The Hall–Kier alpha value is -0.0800. The molecule has 76 valence electrons. The molecule has 13 heavy (non-hydrogen) atoms. The Balaban J connectivity index is 1.88. The van der Waals surface area contributed by atoms with E-state index in [2.05, 4.69) is 17.1 Å². The molecule has 0 aromatic carbocycles. The van der Waals surface area contributed by atoms with Gasteiger partial charge in [-0.05, 0) is 51.7 Å². The van der Waals surface area contributed by atoms with Gasteiger partial charge in [-0.15, -0.1) is 0 Å². The van der Waals surface area contributed by atoms with Gasteiger partial charge in [0.25, 0.3) is 0 Å². The Bertz CT molecular complexity index is 152. The van der Waals surface area contributed by atoms with Gasteiger partial charge in [0, 0.05) is 12.1 Å². The van der Waals surface area contributed by atoms with Gasteiger partial charge in [0.05, 0.1) is 0 Å². The van der Waals surface area contributed by atoms with Gasteiger partial charge < -0.3 is 5.32 Å². The summed E-state index contributed by atoms with van der Waals surface area (Å²) in [5.41, 5.74) is 0. The smallest absolute Gasteiger partial charge is 0.0249 e. The standard InChI is InChI=1S/C11H22N2/c1-2-8-13-9-4-6-11(13)10-5-3-7-12-10/h10-12H,2-9H2,1H3. The maximum atomic E-state index is 3.65. The zero-order valence-electron chi connectivity index (χ0n) is 8.76. The molecule has 2 aliphatic heterocycles. The minimum Gasteiger partial charge on any atom is -0.312 e. The fraction of sp³-hybridized carbons (Fsp3) is 1.00. The highest BCUT2D eigenvalue weighted by atomic mass is 15.2. The van der Waals surface area contributed by atoms with Crippen molar-refractivity contribution >= 4 is 0 Å². The maximum absolute atomic E-state index is 3.65. The summed E-state index contributed by atoms with van der Waals surface area (Å²) < 4.78 is 0. The Labute approximate surface area is 81.7 Å². The van der Waals surface area contributed by atoms with Crippen LogP contribution in [-0.2, 0) is 0 Å². The van der Waals surface area contributed by atoms with Crippen molar-refractivity contribution in [1.29, 1.82) is 0 Å². The lowest BCUT2D eigenvalue weighted by Crippen LogP contribution is -2.44. The van der Waals surface area contributed by atoms with Crippen LogP contribution in [0.4, 0.5) is 0 Å². The van der Waals surface area contributed by atoms with Crippen LogP contribution in [0, 0.1) is 0 Å². The summed E-state index contributed by atoms with van der Waals surface area (Å²) in [5, 5.41) is 3.65. The number of hydrogen-bond donors (Lipinski definition) is 1. The average molecular weight is 182 g/mol. The van der Waals surface area contributed by atoms with E-state index in [9.17, 15) is 0 Å². The van der Waals surface area contributed by atoms with Crippen molar-refractivity contribution in [3.63, 3.8) is 0 Å². The van der Waals surface area contributed by atoms with Crippen LogP contribution >= 0.6 is 0 Å². The third-order valence-electron chi connectivity index (χ3n) is 3.49. The van der Waals surface area contributed by atoms with Crippen LogP contribution in [0.1, 0.15) is 39.0 Å². The van der Waals surface area contributed by atoms with E-state index in [4.69, 9.17) is 0 Å². The van der Waals surface area contributed by atoms with Crippen molar-refractivity contribution in [2.45, 2.75) is 51.1 Å². The summed E-state index contributed by atoms with van der Waals surface area (Å²) in [4.78, 5) is 2.70. The summed E-state index contributed by atoms with van der Waals surface area (Å²) in [5.74, 6) is 0. The summed E-state index contributed by atoms with van der Waals surface area (Å²) in [6.45, 7) is 6.19. The topological polar surface area (TPSA) is 15.3 Å². The predicted octanol–water partition coefficient (Wildman–Crippen LogP) is 1.61. The lowest BCUT2D eigenvalue weighted by atomic mass is 10.0. The second kappa shape index (κ2) is 4.43. The quantitative estimate of drug-likeness (QED) is 0.713. The van der Waals surface area contributed by atoms with Crippen molar-refractivity contribution in [2.75, 3.05) is 19.6 Å². The molecule has 2 fully saturated rings. The molecule has 0 aliphatic carbocycles. The molecule has 0 saturated carbocycles. The molecule has 2 nitrogen and oxygen atoms in total. The first-order chi connectivity index (χ1) is 6.42. The van der Waals surface area contributed by atoms with Crippen molar-refractivity contribution in [3.8, 4) is 0 Å². The molecule has 0 aromatic heterocycles. The summed E-state index contributed by atoms with van der Waals surface area (Å²) in [6.07, 6.45) is 6.95. The van der Waals surface area contributed by atoms with Gasteiger partial charge in [0.2, 0.25) is 0 Å². The van der Waals surface area contributed by atoms with Gasteiger partial charge in [0.15, 0.2) is 0 Å². The van der Waals surface area contributed by atoms with E-state index >= 15 is 0 Å². The summed E-state index contributed by atoms with van der Waals surface area (Å²) >= 11 is 0. The van der Waals surface area contributed by atoms with Crippen LogP contribution in [-0.4, -0.2) is 36.6 Å². The molecule has 0 amide bonds. The van der Waals surface area contributed by atoms with Gasteiger partial charge >= 0.3 is 0 Å². The van der Waals surface area contributed by atoms with E-state index in [-0.39, 0.29) is 0 Å². The average Bonchev–Trinajstić information content (AvgIpc) is 2.71. The van der Waals surface area contributed by atoms with Gasteiger partial charge in [-0.25, -0.2) is 0 Å². The van der Waals surface area contributed by atoms with Gasteiger partial charge in [-0.3, -0.25) is 4.90 Å². The highest BCUT2D eigenvalue weighted by molar-refractivity contribution is 4.91. The Morgan fingerprint density at radius 1 is 1.31 bits per heavy atom. The first kappa shape index (κ1) is 9.47. The molecular formula is C11H22N2. The molecule has 0 bridgehead atoms. The number of nitrogens with one attached hydrogen (secondary N) is 1. The second-order valence-corrected chi connectivity index (χ2v) is 4.45. The van der Waals surface area contributed by atoms with Crippen molar-refractivity contribution < 1.29 is 0 Å². The third-order valence-corrected chi connectivity index (χ3v) is 3.49. The molecule has 2 aliphatic rings. The zero-order valence-corrected chi connectivity index (χ0v) is 8.76. The number of nitrogens with zero attached hydrogens (tertiary/aromatic N) is 1. The van der Waals surface area contributed by atoms with Crippen LogP contribution in [0.3, 0.4) is 0 Å². The van der Waals surface area contributed by atoms with Crippen LogP contribution in [0.5, 0.6) is 0 Å². The third kappa shape index (κ3) is 2.05. The van der Waals surface area contributed by atoms with Crippen molar-refractivity contribution in [1.82, 2.24) is 10.2 Å². The first-order valence-electron chi connectivity index (χ1n) is 5.89. The lowest BCUT2D eigenvalue weighted by Gasteiger charge is -2.29. The molecule has 0 spiro atoms. The molecule has 2 saturated heterocycles. The van der Waals surface area contributed by atoms with E-state index in [1.165, 1.54) is 51.7 Å². The molecule has 2 heterocycles. The van der Waals surface area contributed by atoms with Gasteiger partial charge in [0.1, 0.15) is 0 Å². The number of likely N-dealkylation sites (tertiary alicyclic amines) is 1. The molecule has 0 radical (unpaired) electrons. The van der Waals surface area contributed by atoms with E-state index in [1.807, 2.05) is 0 Å². The van der Waals surface area contributed by atoms with Crippen LogP contribution in [0.15, 0.2) is 0 Å². The van der Waals surface area contributed by atoms with Crippen molar-refractivity contribution in [2.24, 2.45) is 0 Å². The van der Waals surface area contributed by atoms with Gasteiger partial charge in [-0.2, -0.15) is 0 Å². The van der Waals surface area contributed by atoms with E-state index < -0.39 is 0 Å². The van der Waals surface area contributed by atoms with E-state index in [1.54, 1.807) is 0 Å². The normalized spacial score (nSPS) is 35.8. The zero-order chi connectivity index (χ0) is 9.10. The molecule has 1 N–H and O–H groups in total. The molecule has 2 heteroatoms. The SMILES string of the molecule is CCCN1CCCC1C1CCCN1. The highest BCUT2D eigenvalue weighted by Gasteiger charge is 2.32. The lowest BCUT2D eigenvalue weighted by molar-refractivity contribution is 0.215. The molecule has 2 rings (SSSR count). The maximum Gasteiger partial charge on any atom is 0.0249 e. The summed E-state index contributed by atoms with van der Waals surface area (Å²) in [6, 6.07) is 1.68. The number of hydrogen-bond acceptors (Lipinski definition) is 2. The van der Waals surface area contributed by atoms with E-state index in [0.717, 1.165) is 12.1 Å². The largest absolute Gasteiger partial charge is 0.312 e. The Kier molecular flexibility index (Phi) is 3.23. The fourth-order valence-corrected chi connectivity index (χ4v) is 2.91. The molecule has 2 unspecified atom stereocenters. The Morgan fingerprint density at radius 3 is 2.92 bits per heavy atom. The number of rotatable bonds is 3. The minimum atomic E-state index is 0.814.